The fourth-order valence-electron chi connectivity index (χ4n) is 3.54. The van der Waals surface area contributed by atoms with Crippen molar-refractivity contribution < 1.29 is 8.42 Å². The molecule has 0 aliphatic carbocycles. The van der Waals surface area contributed by atoms with Crippen LogP contribution in [0.2, 0.25) is 5.02 Å². The molecule has 146 valence electrons. The van der Waals surface area contributed by atoms with Crippen molar-refractivity contribution in [1.82, 2.24) is 19.6 Å². The zero-order chi connectivity index (χ0) is 18.1. The van der Waals surface area contributed by atoms with Crippen molar-refractivity contribution in [2.45, 2.75) is 36.6 Å². The maximum absolute atomic E-state index is 12.9. The first-order valence-electron chi connectivity index (χ1n) is 8.85. The fourth-order valence-corrected chi connectivity index (χ4v) is 5.09. The third-order valence-electron chi connectivity index (χ3n) is 5.07. The lowest BCUT2D eigenvalue weighted by Crippen LogP contribution is -2.36. The van der Waals surface area contributed by atoms with Crippen LogP contribution in [0, 0.1) is 0 Å². The summed E-state index contributed by atoms with van der Waals surface area (Å²) in [6, 6.07) is 6.29. The van der Waals surface area contributed by atoms with E-state index in [1.165, 1.54) is 4.31 Å². The van der Waals surface area contributed by atoms with Gasteiger partial charge in [0.1, 0.15) is 5.82 Å². The number of aromatic nitrogens is 2. The summed E-state index contributed by atoms with van der Waals surface area (Å²) in [5.74, 6) is 1.30. The molecule has 0 unspecified atom stereocenters. The first kappa shape index (κ1) is 20.5. The summed E-state index contributed by atoms with van der Waals surface area (Å²) in [5, 5.41) is 3.87. The lowest BCUT2D eigenvalue weighted by molar-refractivity contribution is 0.383. The Morgan fingerprint density at radius 2 is 1.85 bits per heavy atom. The molecule has 1 aromatic carbocycles. The second kappa shape index (κ2) is 8.41. The third kappa shape index (κ3) is 4.27. The quantitative estimate of drug-likeness (QED) is 0.812. The molecule has 0 amide bonds. The second-order valence-electron chi connectivity index (χ2n) is 6.77. The van der Waals surface area contributed by atoms with Gasteiger partial charge in [-0.25, -0.2) is 18.4 Å². The van der Waals surface area contributed by atoms with Gasteiger partial charge >= 0.3 is 0 Å². The molecule has 4 rings (SSSR count). The fraction of sp³-hybridized carbons (Fsp3) is 0.444. The van der Waals surface area contributed by atoms with Gasteiger partial charge in [0.05, 0.1) is 4.90 Å². The molecule has 3 heterocycles. The minimum atomic E-state index is -3.54. The SMILES string of the molecule is Cl.O=S(=O)(c1ccc(Cl)cc1)N1CCc2nc(C3CCNCC3)ncc2C1. The number of hydrogen-bond donors (Lipinski definition) is 1. The normalized spacial score (nSPS) is 18.6. The number of hydrogen-bond acceptors (Lipinski definition) is 5. The topological polar surface area (TPSA) is 75.2 Å². The van der Waals surface area contributed by atoms with Crippen LogP contribution in [0.25, 0.3) is 0 Å². The van der Waals surface area contributed by atoms with Crippen LogP contribution in [0.15, 0.2) is 35.4 Å². The van der Waals surface area contributed by atoms with Crippen molar-refractivity contribution in [2.75, 3.05) is 19.6 Å². The van der Waals surface area contributed by atoms with E-state index >= 15 is 0 Å². The summed E-state index contributed by atoms with van der Waals surface area (Å²) >= 11 is 5.86. The summed E-state index contributed by atoms with van der Waals surface area (Å²) in [7, 11) is -3.54. The molecule has 2 aromatic rings. The first-order chi connectivity index (χ1) is 12.5. The minimum Gasteiger partial charge on any atom is -0.317 e. The largest absolute Gasteiger partial charge is 0.317 e. The Balaban J connectivity index is 0.00000210. The molecule has 2 aliphatic heterocycles. The smallest absolute Gasteiger partial charge is 0.243 e. The van der Waals surface area contributed by atoms with Crippen molar-refractivity contribution in [3.05, 3.63) is 52.6 Å². The van der Waals surface area contributed by atoms with Gasteiger partial charge < -0.3 is 5.32 Å². The molecule has 0 atom stereocenters. The van der Waals surface area contributed by atoms with Gasteiger partial charge in [-0.05, 0) is 50.2 Å². The van der Waals surface area contributed by atoms with Crippen LogP contribution in [-0.4, -0.2) is 42.3 Å². The number of sulfonamides is 1. The Hall–Kier alpha value is -1.25. The standard InChI is InChI=1S/C18H21ClN4O2S.ClH/c19-15-1-3-16(4-2-15)26(24,25)23-10-7-17-14(12-23)11-21-18(22-17)13-5-8-20-9-6-13;/h1-4,11,13,20H,5-10,12H2;1H. The van der Waals surface area contributed by atoms with E-state index in [-0.39, 0.29) is 17.3 Å². The second-order valence-corrected chi connectivity index (χ2v) is 9.14. The Morgan fingerprint density at radius 1 is 1.15 bits per heavy atom. The number of rotatable bonds is 3. The van der Waals surface area contributed by atoms with Gasteiger partial charge in [0.15, 0.2) is 0 Å². The van der Waals surface area contributed by atoms with Crippen molar-refractivity contribution in [1.29, 1.82) is 0 Å². The van der Waals surface area contributed by atoms with Crippen LogP contribution < -0.4 is 5.32 Å². The van der Waals surface area contributed by atoms with Crippen LogP contribution in [0.4, 0.5) is 0 Å². The van der Waals surface area contributed by atoms with Crippen LogP contribution >= 0.6 is 24.0 Å². The Bertz CT molecular complexity index is 900. The maximum atomic E-state index is 12.9. The summed E-state index contributed by atoms with van der Waals surface area (Å²) in [4.78, 5) is 9.56. The Morgan fingerprint density at radius 3 is 2.56 bits per heavy atom. The molecule has 0 bridgehead atoms. The molecule has 1 N–H and O–H groups in total. The lowest BCUT2D eigenvalue weighted by Gasteiger charge is -2.28. The van der Waals surface area contributed by atoms with Gasteiger partial charge in [-0.1, -0.05) is 11.6 Å². The van der Waals surface area contributed by atoms with Crippen LogP contribution in [0.1, 0.15) is 35.8 Å². The summed E-state index contributed by atoms with van der Waals surface area (Å²) in [5.41, 5.74) is 1.88. The minimum absolute atomic E-state index is 0. The average molecular weight is 429 g/mol. The van der Waals surface area contributed by atoms with E-state index in [0.29, 0.717) is 30.5 Å². The first-order valence-corrected chi connectivity index (χ1v) is 10.7. The van der Waals surface area contributed by atoms with E-state index in [1.807, 2.05) is 6.20 Å². The molecule has 0 saturated carbocycles. The lowest BCUT2D eigenvalue weighted by atomic mass is 9.96. The zero-order valence-electron chi connectivity index (χ0n) is 14.8. The highest BCUT2D eigenvalue weighted by molar-refractivity contribution is 7.89. The number of benzene rings is 1. The van der Waals surface area contributed by atoms with Crippen molar-refractivity contribution in [3.8, 4) is 0 Å². The number of piperidine rings is 1. The van der Waals surface area contributed by atoms with E-state index in [0.717, 1.165) is 43.0 Å². The summed E-state index contributed by atoms with van der Waals surface area (Å²) in [6.07, 6.45) is 4.53. The summed E-state index contributed by atoms with van der Waals surface area (Å²) in [6.45, 7) is 2.74. The van der Waals surface area contributed by atoms with E-state index in [1.54, 1.807) is 24.3 Å². The maximum Gasteiger partial charge on any atom is 0.243 e. The van der Waals surface area contributed by atoms with Gasteiger partial charge in [-0.15, -0.1) is 12.4 Å². The molecule has 27 heavy (non-hydrogen) atoms. The van der Waals surface area contributed by atoms with Crippen LogP contribution in [-0.2, 0) is 23.0 Å². The van der Waals surface area contributed by atoms with Crippen molar-refractivity contribution in [3.63, 3.8) is 0 Å². The van der Waals surface area contributed by atoms with E-state index in [4.69, 9.17) is 16.6 Å². The number of fused-ring (bicyclic) bond motifs is 1. The third-order valence-corrected chi connectivity index (χ3v) is 7.18. The highest BCUT2D eigenvalue weighted by Crippen LogP contribution is 2.27. The van der Waals surface area contributed by atoms with E-state index < -0.39 is 10.0 Å². The van der Waals surface area contributed by atoms with Gasteiger partial charge in [0.2, 0.25) is 10.0 Å². The molecular formula is C18H22Cl2N4O2S. The van der Waals surface area contributed by atoms with Crippen LogP contribution in [0.3, 0.4) is 0 Å². The van der Waals surface area contributed by atoms with Gasteiger partial charge in [-0.3, -0.25) is 0 Å². The highest BCUT2D eigenvalue weighted by atomic mass is 35.5. The summed E-state index contributed by atoms with van der Waals surface area (Å²) < 4.78 is 27.2. The Kier molecular flexibility index (Phi) is 6.38. The van der Waals surface area contributed by atoms with E-state index in [9.17, 15) is 8.42 Å². The molecule has 0 spiro atoms. The molecule has 2 aliphatic rings. The highest BCUT2D eigenvalue weighted by Gasteiger charge is 2.30. The Labute approximate surface area is 170 Å². The van der Waals surface area contributed by atoms with Gasteiger partial charge in [-0.2, -0.15) is 4.31 Å². The van der Waals surface area contributed by atoms with Crippen LogP contribution in [0.5, 0.6) is 0 Å². The molecule has 0 radical (unpaired) electrons. The molecule has 1 fully saturated rings. The predicted molar refractivity (Wildman–Crippen MR) is 107 cm³/mol. The van der Waals surface area contributed by atoms with Gasteiger partial charge in [0, 0.05) is 47.9 Å². The molecule has 1 saturated heterocycles. The molecular weight excluding hydrogens is 407 g/mol. The van der Waals surface area contributed by atoms with Crippen molar-refractivity contribution in [2.24, 2.45) is 0 Å². The predicted octanol–water partition coefficient (Wildman–Crippen LogP) is 2.77. The molecule has 6 nitrogen and oxygen atoms in total. The molecule has 1 aromatic heterocycles. The average Bonchev–Trinajstić information content (AvgIpc) is 2.68. The van der Waals surface area contributed by atoms with Gasteiger partial charge in [0.25, 0.3) is 0 Å². The van der Waals surface area contributed by atoms with E-state index in [2.05, 4.69) is 10.3 Å². The number of nitrogens with zero attached hydrogens (tertiary/aromatic N) is 3. The monoisotopic (exact) mass is 428 g/mol. The zero-order valence-corrected chi connectivity index (χ0v) is 17.2. The molecule has 9 heteroatoms. The number of nitrogens with one attached hydrogen (secondary N) is 1. The number of halogens is 2. The van der Waals surface area contributed by atoms with Crippen molar-refractivity contribution >= 4 is 34.0 Å².